The maximum Gasteiger partial charge on any atom is 0.256 e. The summed E-state index contributed by atoms with van der Waals surface area (Å²) in [7, 11) is 0. The zero-order chi connectivity index (χ0) is 16.1. The van der Waals surface area contributed by atoms with E-state index in [4.69, 9.17) is 18.0 Å². The number of thiophene rings is 1. The molecule has 0 aliphatic heterocycles. The van der Waals surface area contributed by atoms with Crippen LogP contribution in [0.5, 0.6) is 0 Å². The van der Waals surface area contributed by atoms with Gasteiger partial charge in [0.1, 0.15) is 5.00 Å². The third-order valence-corrected chi connectivity index (χ3v) is 4.29. The van der Waals surface area contributed by atoms with E-state index in [0.717, 1.165) is 21.0 Å². The van der Waals surface area contributed by atoms with Gasteiger partial charge >= 0.3 is 0 Å². The summed E-state index contributed by atoms with van der Waals surface area (Å²) >= 11 is 6.21. The number of thiocarbonyl (C=S) groups is 1. The van der Waals surface area contributed by atoms with Crippen molar-refractivity contribution in [1.29, 1.82) is 0 Å². The van der Waals surface area contributed by atoms with Crippen molar-refractivity contribution in [3.63, 3.8) is 0 Å². The molecule has 2 rings (SSSR count). The van der Waals surface area contributed by atoms with Crippen LogP contribution in [0.2, 0.25) is 0 Å². The van der Waals surface area contributed by atoms with Crippen LogP contribution in [0.3, 0.4) is 0 Å². The van der Waals surface area contributed by atoms with E-state index in [-0.39, 0.29) is 11.0 Å². The molecule has 0 radical (unpaired) electrons. The van der Waals surface area contributed by atoms with Gasteiger partial charge in [0.05, 0.1) is 6.21 Å². The molecular weight excluding hydrogens is 316 g/mol. The molecule has 0 atom stereocenters. The zero-order valence-corrected chi connectivity index (χ0v) is 13.8. The van der Waals surface area contributed by atoms with Crippen LogP contribution < -0.4 is 16.5 Å². The number of nitrogens with zero attached hydrogens (tertiary/aromatic N) is 1. The molecule has 0 fully saturated rings. The molecule has 4 N–H and O–H groups in total. The van der Waals surface area contributed by atoms with Gasteiger partial charge < -0.3 is 11.1 Å². The van der Waals surface area contributed by atoms with E-state index in [1.165, 1.54) is 11.3 Å². The fourth-order valence-electron chi connectivity index (χ4n) is 1.82. The van der Waals surface area contributed by atoms with E-state index in [1.807, 2.05) is 32.0 Å². The molecule has 7 heteroatoms. The molecule has 0 saturated heterocycles. The maximum atomic E-state index is 12.3. The number of rotatable bonds is 4. The number of amides is 1. The normalized spacial score (nSPS) is 10.6. The van der Waals surface area contributed by atoms with E-state index in [2.05, 4.69) is 15.8 Å². The van der Waals surface area contributed by atoms with E-state index in [1.54, 1.807) is 18.3 Å². The van der Waals surface area contributed by atoms with Crippen molar-refractivity contribution in [3.05, 3.63) is 51.9 Å². The number of nitrogens with two attached hydrogens (primary N) is 1. The molecule has 0 saturated carbocycles. The maximum absolute atomic E-state index is 12.3. The fourth-order valence-corrected chi connectivity index (χ4v) is 2.90. The third kappa shape index (κ3) is 3.90. The summed E-state index contributed by atoms with van der Waals surface area (Å²) in [6.07, 6.45) is 1.61. The highest BCUT2D eigenvalue weighted by Crippen LogP contribution is 2.31. The molecule has 0 aliphatic carbocycles. The molecule has 0 unspecified atom stereocenters. The Morgan fingerprint density at radius 2 is 2.00 bits per heavy atom. The largest absolute Gasteiger partial charge is 0.375 e. The van der Waals surface area contributed by atoms with Crippen LogP contribution in [0.15, 0.2) is 35.4 Å². The number of hydrazone groups is 1. The lowest BCUT2D eigenvalue weighted by molar-refractivity contribution is 0.102. The van der Waals surface area contributed by atoms with Gasteiger partial charge in [0.15, 0.2) is 5.11 Å². The SMILES string of the molecule is Cc1sc(NC(=O)c2ccccc2)c(C=NNC(N)=S)c1C. The standard InChI is InChI=1S/C15H16N4OS2/c1-9-10(2)22-14(12(9)8-17-19-15(16)21)18-13(20)11-6-4-3-5-7-11/h3-8H,1-2H3,(H,18,20)(H3,16,19,21). The van der Waals surface area contributed by atoms with Crippen LogP contribution in [-0.2, 0) is 0 Å². The van der Waals surface area contributed by atoms with Crippen molar-refractivity contribution in [1.82, 2.24) is 5.43 Å². The molecular formula is C15H16N4OS2. The first-order valence-corrected chi connectivity index (χ1v) is 7.76. The van der Waals surface area contributed by atoms with Crippen LogP contribution in [0, 0.1) is 13.8 Å². The summed E-state index contributed by atoms with van der Waals surface area (Å²) in [4.78, 5) is 13.4. The second kappa shape index (κ2) is 7.15. The molecule has 0 spiro atoms. The predicted octanol–water partition coefficient (Wildman–Crippen LogP) is 2.78. The number of carbonyl (C=O) groups is 1. The van der Waals surface area contributed by atoms with Crippen molar-refractivity contribution in [2.75, 3.05) is 5.32 Å². The Balaban J connectivity index is 2.24. The lowest BCUT2D eigenvalue weighted by Gasteiger charge is -2.04. The van der Waals surface area contributed by atoms with Crippen molar-refractivity contribution in [2.45, 2.75) is 13.8 Å². The summed E-state index contributed by atoms with van der Waals surface area (Å²) in [5.74, 6) is -0.154. The smallest absolute Gasteiger partial charge is 0.256 e. The van der Waals surface area contributed by atoms with Gasteiger partial charge in [0, 0.05) is 16.0 Å². The molecule has 1 heterocycles. The topological polar surface area (TPSA) is 79.5 Å². The summed E-state index contributed by atoms with van der Waals surface area (Å²) in [5.41, 5.74) is 10.4. The summed E-state index contributed by atoms with van der Waals surface area (Å²) < 4.78 is 0. The first-order chi connectivity index (χ1) is 10.5. The predicted molar refractivity (Wildman–Crippen MR) is 95.7 cm³/mol. The average Bonchev–Trinajstić information content (AvgIpc) is 2.75. The molecule has 2 aromatic rings. The van der Waals surface area contributed by atoms with Crippen molar-refractivity contribution in [2.24, 2.45) is 10.8 Å². The first-order valence-electron chi connectivity index (χ1n) is 6.54. The fraction of sp³-hybridized carbons (Fsp3) is 0.133. The Labute approximate surface area is 138 Å². The van der Waals surface area contributed by atoms with Gasteiger partial charge in [0.2, 0.25) is 0 Å². The van der Waals surface area contributed by atoms with Crippen LogP contribution in [-0.4, -0.2) is 17.2 Å². The van der Waals surface area contributed by atoms with Crippen LogP contribution >= 0.6 is 23.6 Å². The minimum atomic E-state index is -0.154. The highest BCUT2D eigenvalue weighted by Gasteiger charge is 2.14. The minimum absolute atomic E-state index is 0.0933. The van der Waals surface area contributed by atoms with Gasteiger partial charge in [-0.2, -0.15) is 5.10 Å². The number of nitrogens with one attached hydrogen (secondary N) is 2. The second-order valence-electron chi connectivity index (χ2n) is 4.58. The number of hydrogen-bond acceptors (Lipinski definition) is 4. The van der Waals surface area contributed by atoms with Crippen LogP contribution in [0.4, 0.5) is 5.00 Å². The first kappa shape index (κ1) is 16.1. The molecule has 114 valence electrons. The third-order valence-electron chi connectivity index (χ3n) is 3.06. The monoisotopic (exact) mass is 332 g/mol. The molecule has 1 aromatic heterocycles. The molecule has 1 amide bonds. The number of carbonyl (C=O) groups excluding carboxylic acids is 1. The molecule has 5 nitrogen and oxygen atoms in total. The number of hydrogen-bond donors (Lipinski definition) is 3. The van der Waals surface area contributed by atoms with E-state index < -0.39 is 0 Å². The van der Waals surface area contributed by atoms with Gasteiger partial charge in [-0.1, -0.05) is 18.2 Å². The Morgan fingerprint density at radius 1 is 1.32 bits per heavy atom. The molecule has 22 heavy (non-hydrogen) atoms. The Morgan fingerprint density at radius 3 is 2.64 bits per heavy atom. The van der Waals surface area contributed by atoms with Crippen molar-refractivity contribution >= 4 is 45.8 Å². The summed E-state index contributed by atoms with van der Waals surface area (Å²) in [6.45, 7) is 3.97. The molecule has 0 aliphatic rings. The van der Waals surface area contributed by atoms with Crippen LogP contribution in [0.1, 0.15) is 26.4 Å². The van der Waals surface area contributed by atoms with E-state index >= 15 is 0 Å². The van der Waals surface area contributed by atoms with E-state index in [9.17, 15) is 4.79 Å². The average molecular weight is 332 g/mol. The summed E-state index contributed by atoms with van der Waals surface area (Å²) in [5, 5.41) is 7.73. The van der Waals surface area contributed by atoms with Gasteiger partial charge in [-0.3, -0.25) is 10.2 Å². The van der Waals surface area contributed by atoms with Gasteiger partial charge in [-0.05, 0) is 43.8 Å². The number of anilines is 1. The lowest BCUT2D eigenvalue weighted by Crippen LogP contribution is -2.24. The molecule has 0 bridgehead atoms. The van der Waals surface area contributed by atoms with Crippen molar-refractivity contribution < 1.29 is 4.79 Å². The van der Waals surface area contributed by atoms with E-state index in [0.29, 0.717) is 5.56 Å². The Kier molecular flexibility index (Phi) is 5.24. The zero-order valence-electron chi connectivity index (χ0n) is 12.2. The quantitative estimate of drug-likeness (QED) is 0.457. The van der Waals surface area contributed by atoms with Gasteiger partial charge in [0.25, 0.3) is 5.91 Å². The van der Waals surface area contributed by atoms with Gasteiger partial charge in [-0.15, -0.1) is 11.3 Å². The molecule has 1 aromatic carbocycles. The lowest BCUT2D eigenvalue weighted by atomic mass is 10.1. The number of aryl methyl sites for hydroxylation is 1. The second-order valence-corrected chi connectivity index (χ2v) is 6.25. The van der Waals surface area contributed by atoms with Crippen molar-refractivity contribution in [3.8, 4) is 0 Å². The highest BCUT2D eigenvalue weighted by atomic mass is 32.1. The Hall–Kier alpha value is -2.25. The highest BCUT2D eigenvalue weighted by molar-refractivity contribution is 7.80. The Bertz CT molecular complexity index is 723. The minimum Gasteiger partial charge on any atom is -0.375 e. The van der Waals surface area contributed by atoms with Gasteiger partial charge in [-0.25, -0.2) is 0 Å². The summed E-state index contributed by atoms with van der Waals surface area (Å²) in [6, 6.07) is 9.06. The number of benzene rings is 1. The van der Waals surface area contributed by atoms with Crippen LogP contribution in [0.25, 0.3) is 0 Å².